The molecule has 4 rings (SSSR count). The molecule has 2 unspecified atom stereocenters. The highest BCUT2D eigenvalue weighted by molar-refractivity contribution is 6.01. The lowest BCUT2D eigenvalue weighted by atomic mass is 9.92. The summed E-state index contributed by atoms with van der Waals surface area (Å²) in [5.41, 5.74) is 7.67. The molecule has 7 heteroatoms. The van der Waals surface area contributed by atoms with Crippen LogP contribution >= 0.6 is 0 Å². The van der Waals surface area contributed by atoms with Gasteiger partial charge in [-0.05, 0) is 24.5 Å². The van der Waals surface area contributed by atoms with Gasteiger partial charge in [0.15, 0.2) is 0 Å². The van der Waals surface area contributed by atoms with Crippen molar-refractivity contribution in [2.24, 2.45) is 5.92 Å². The van der Waals surface area contributed by atoms with E-state index in [4.69, 9.17) is 10.5 Å². The predicted molar refractivity (Wildman–Crippen MR) is 103 cm³/mol. The van der Waals surface area contributed by atoms with Gasteiger partial charge in [-0.3, -0.25) is 4.79 Å². The molecule has 2 aromatic rings. The van der Waals surface area contributed by atoms with E-state index in [0.29, 0.717) is 17.2 Å². The van der Waals surface area contributed by atoms with E-state index >= 15 is 4.39 Å². The molecule has 27 heavy (non-hydrogen) atoms. The third-order valence-corrected chi connectivity index (χ3v) is 5.84. The number of pyridine rings is 1. The maximum Gasteiger partial charge on any atom is 0.258 e. The van der Waals surface area contributed by atoms with Crippen LogP contribution in [0.1, 0.15) is 29.3 Å². The number of aromatic nitrogens is 1. The molecule has 142 valence electrons. The first kappa shape index (κ1) is 17.6. The summed E-state index contributed by atoms with van der Waals surface area (Å²) >= 11 is 0. The van der Waals surface area contributed by atoms with Gasteiger partial charge in [-0.15, -0.1) is 0 Å². The highest BCUT2D eigenvalue weighted by atomic mass is 19.1. The van der Waals surface area contributed by atoms with Crippen LogP contribution in [-0.2, 0) is 5.41 Å². The number of benzene rings is 1. The molecule has 2 aliphatic rings. The second-order valence-corrected chi connectivity index (χ2v) is 7.63. The number of nitrogens with zero attached hydrogens (tertiary/aromatic N) is 2. The number of amides is 1. The molecular formula is C20H23FN4O2. The molecule has 1 aliphatic carbocycles. The van der Waals surface area contributed by atoms with Crippen LogP contribution < -0.4 is 15.8 Å². The van der Waals surface area contributed by atoms with E-state index in [-0.39, 0.29) is 22.2 Å². The Kier molecular flexibility index (Phi) is 3.80. The Morgan fingerprint density at radius 2 is 2.11 bits per heavy atom. The first-order valence-electron chi connectivity index (χ1n) is 8.93. The SMILES string of the molecule is COc1c(-c2ccc(N)c(C(=O)N(C)C)c2F)cnc2c1C1(CN2)CC1C. The van der Waals surface area contributed by atoms with Crippen LogP contribution in [0.5, 0.6) is 5.75 Å². The number of rotatable bonds is 3. The Bertz CT molecular complexity index is 959. The van der Waals surface area contributed by atoms with Gasteiger partial charge in [0.1, 0.15) is 17.4 Å². The van der Waals surface area contributed by atoms with E-state index in [1.165, 1.54) is 4.90 Å². The maximum absolute atomic E-state index is 15.4. The number of ether oxygens (including phenoxy) is 1. The van der Waals surface area contributed by atoms with E-state index in [0.717, 1.165) is 24.3 Å². The number of nitrogen functional groups attached to an aromatic ring is 1. The molecule has 3 N–H and O–H groups in total. The van der Waals surface area contributed by atoms with Crippen LogP contribution in [0.25, 0.3) is 11.1 Å². The summed E-state index contributed by atoms with van der Waals surface area (Å²) < 4.78 is 21.1. The van der Waals surface area contributed by atoms with Crippen molar-refractivity contribution in [2.45, 2.75) is 18.8 Å². The maximum atomic E-state index is 15.4. The molecule has 6 nitrogen and oxygen atoms in total. The number of nitrogens with two attached hydrogens (primary N) is 1. The van der Waals surface area contributed by atoms with Crippen molar-refractivity contribution in [1.82, 2.24) is 9.88 Å². The van der Waals surface area contributed by atoms with Crippen LogP contribution in [0.2, 0.25) is 0 Å². The Labute approximate surface area is 157 Å². The molecule has 1 aromatic heterocycles. The number of nitrogens with one attached hydrogen (secondary N) is 1. The van der Waals surface area contributed by atoms with Gasteiger partial charge in [-0.25, -0.2) is 9.37 Å². The molecule has 1 amide bonds. The molecule has 0 bridgehead atoms. The number of hydrogen-bond acceptors (Lipinski definition) is 5. The molecule has 1 aromatic carbocycles. The van der Waals surface area contributed by atoms with E-state index in [1.54, 1.807) is 39.5 Å². The predicted octanol–water partition coefficient (Wildman–Crippen LogP) is 2.88. The Morgan fingerprint density at radius 1 is 1.41 bits per heavy atom. The first-order chi connectivity index (χ1) is 12.8. The third-order valence-electron chi connectivity index (χ3n) is 5.84. The van der Waals surface area contributed by atoms with Gasteiger partial charge >= 0.3 is 0 Å². The molecule has 1 aliphatic heterocycles. The van der Waals surface area contributed by atoms with Crippen molar-refractivity contribution in [2.75, 3.05) is 38.8 Å². The zero-order chi connectivity index (χ0) is 19.5. The van der Waals surface area contributed by atoms with E-state index in [2.05, 4.69) is 17.2 Å². The van der Waals surface area contributed by atoms with E-state index in [9.17, 15) is 4.79 Å². The molecule has 1 fully saturated rings. The normalized spacial score (nSPS) is 22.3. The topological polar surface area (TPSA) is 80.5 Å². The number of hydrogen-bond donors (Lipinski definition) is 2. The van der Waals surface area contributed by atoms with Gasteiger partial charge in [0.2, 0.25) is 0 Å². The molecular weight excluding hydrogens is 347 g/mol. The van der Waals surface area contributed by atoms with E-state index < -0.39 is 11.7 Å². The van der Waals surface area contributed by atoms with Crippen molar-refractivity contribution in [3.05, 3.63) is 35.3 Å². The lowest BCUT2D eigenvalue weighted by Crippen LogP contribution is -2.24. The molecule has 2 heterocycles. The number of fused-ring (bicyclic) bond motifs is 2. The monoisotopic (exact) mass is 370 g/mol. The van der Waals surface area contributed by atoms with Gasteiger partial charge in [0.25, 0.3) is 5.91 Å². The summed E-state index contributed by atoms with van der Waals surface area (Å²) in [7, 11) is 4.71. The number of carbonyl (C=O) groups is 1. The minimum absolute atomic E-state index is 0.00371. The van der Waals surface area contributed by atoms with Crippen LogP contribution in [0.15, 0.2) is 18.3 Å². The number of methoxy groups -OCH3 is 1. The summed E-state index contributed by atoms with van der Waals surface area (Å²) in [6.45, 7) is 3.01. The highest BCUT2D eigenvalue weighted by Crippen LogP contribution is 2.62. The Hall–Kier alpha value is -2.83. The largest absolute Gasteiger partial charge is 0.496 e. The summed E-state index contributed by atoms with van der Waals surface area (Å²) in [4.78, 5) is 18.2. The van der Waals surface area contributed by atoms with Crippen LogP contribution in [0, 0.1) is 11.7 Å². The van der Waals surface area contributed by atoms with Gasteiger partial charge in [-0.2, -0.15) is 0 Å². The third kappa shape index (κ3) is 2.37. The standard InChI is InChI=1S/C20H23FN4O2/c1-10-7-20(10)9-24-18-15(20)17(27-4)12(8-23-18)11-5-6-13(22)14(16(11)21)19(26)25(2)3/h5-6,8,10H,7,9,22H2,1-4H3,(H,23,24). The summed E-state index contributed by atoms with van der Waals surface area (Å²) in [5, 5.41) is 3.34. The Morgan fingerprint density at radius 3 is 2.70 bits per heavy atom. The molecule has 0 radical (unpaired) electrons. The summed E-state index contributed by atoms with van der Waals surface area (Å²) in [6.07, 6.45) is 2.64. The quantitative estimate of drug-likeness (QED) is 0.812. The first-order valence-corrected chi connectivity index (χ1v) is 8.93. The van der Waals surface area contributed by atoms with Crippen molar-refractivity contribution in [3.63, 3.8) is 0 Å². The molecule has 1 spiro atoms. The van der Waals surface area contributed by atoms with Crippen LogP contribution in [0.4, 0.5) is 15.9 Å². The fourth-order valence-electron chi connectivity index (χ4n) is 4.15. The van der Waals surface area contributed by atoms with E-state index in [1.807, 2.05) is 0 Å². The smallest absolute Gasteiger partial charge is 0.258 e. The molecule has 0 saturated heterocycles. The fourth-order valence-corrected chi connectivity index (χ4v) is 4.15. The van der Waals surface area contributed by atoms with Crippen LogP contribution in [-0.4, -0.2) is 43.5 Å². The average Bonchev–Trinajstić information content (AvgIpc) is 3.13. The number of halogens is 1. The Balaban J connectivity index is 1.93. The zero-order valence-corrected chi connectivity index (χ0v) is 15.9. The van der Waals surface area contributed by atoms with Gasteiger partial charge in [0.05, 0.1) is 12.7 Å². The lowest BCUT2D eigenvalue weighted by molar-refractivity contribution is 0.0824. The average molecular weight is 370 g/mol. The number of anilines is 2. The van der Waals surface area contributed by atoms with Crippen LogP contribution in [0.3, 0.4) is 0 Å². The molecule has 2 atom stereocenters. The fraction of sp³-hybridized carbons (Fsp3) is 0.400. The minimum Gasteiger partial charge on any atom is -0.496 e. The summed E-state index contributed by atoms with van der Waals surface area (Å²) in [6, 6.07) is 3.13. The lowest BCUT2D eigenvalue weighted by Gasteiger charge is -2.19. The number of carbonyl (C=O) groups excluding carboxylic acids is 1. The van der Waals surface area contributed by atoms with Gasteiger partial charge in [-0.1, -0.05) is 6.92 Å². The highest BCUT2D eigenvalue weighted by Gasteiger charge is 2.58. The second-order valence-electron chi connectivity index (χ2n) is 7.63. The van der Waals surface area contributed by atoms with Crippen molar-refractivity contribution in [3.8, 4) is 16.9 Å². The van der Waals surface area contributed by atoms with Gasteiger partial charge < -0.3 is 20.7 Å². The zero-order valence-electron chi connectivity index (χ0n) is 15.9. The second kappa shape index (κ2) is 5.84. The summed E-state index contributed by atoms with van der Waals surface area (Å²) in [5.74, 6) is 0.785. The molecule has 1 saturated carbocycles. The van der Waals surface area contributed by atoms with Crippen molar-refractivity contribution < 1.29 is 13.9 Å². The van der Waals surface area contributed by atoms with Crippen molar-refractivity contribution in [1.29, 1.82) is 0 Å². The van der Waals surface area contributed by atoms with Crippen molar-refractivity contribution >= 4 is 17.4 Å². The van der Waals surface area contributed by atoms with Gasteiger partial charge in [0, 0.05) is 54.6 Å². The minimum atomic E-state index is -0.655.